The molecule has 2 N–H and O–H groups in total. The van der Waals surface area contributed by atoms with E-state index in [1.807, 2.05) is 61.5 Å². The zero-order valence-corrected chi connectivity index (χ0v) is 18.8. The van der Waals surface area contributed by atoms with Crippen LogP contribution in [0.1, 0.15) is 35.6 Å². The number of aryl methyl sites for hydroxylation is 1. The third-order valence-electron chi connectivity index (χ3n) is 4.94. The summed E-state index contributed by atoms with van der Waals surface area (Å²) in [5.74, 6) is -0.311. The van der Waals surface area contributed by atoms with Crippen LogP contribution in [-0.4, -0.2) is 20.8 Å². The maximum atomic E-state index is 12.4. The van der Waals surface area contributed by atoms with E-state index < -0.39 is 16.7 Å². The van der Waals surface area contributed by atoms with Gasteiger partial charge in [-0.25, -0.2) is 0 Å². The summed E-state index contributed by atoms with van der Waals surface area (Å²) in [7, 11) is -3.98. The predicted octanol–water partition coefficient (Wildman–Crippen LogP) is 4.59. The molecular formula is C25H27NO5S. The Morgan fingerprint density at radius 3 is 2.38 bits per heavy atom. The Morgan fingerprint density at radius 2 is 1.69 bits per heavy atom. The lowest BCUT2D eigenvalue weighted by Crippen LogP contribution is -2.16. The first-order valence-corrected chi connectivity index (χ1v) is 11.7. The number of Topliss-reactive ketones (excluding diaryl/α,β-unsaturated/α-hetero) is 1. The molecule has 32 heavy (non-hydrogen) atoms. The highest BCUT2D eigenvalue weighted by molar-refractivity contribution is 7.86. The number of carbonyl (C=O) groups is 1. The minimum absolute atomic E-state index is 0.0310. The lowest BCUT2D eigenvalue weighted by molar-refractivity contribution is -0.121. The molecule has 3 rings (SSSR count). The number of nitrogens with two attached hydrogens (primary N) is 1. The molecule has 0 aliphatic heterocycles. The van der Waals surface area contributed by atoms with Gasteiger partial charge in [0, 0.05) is 12.1 Å². The second-order valence-corrected chi connectivity index (χ2v) is 9.18. The van der Waals surface area contributed by atoms with Crippen LogP contribution in [0.5, 0.6) is 0 Å². The molecule has 0 aliphatic rings. The van der Waals surface area contributed by atoms with E-state index in [1.54, 1.807) is 12.1 Å². The molecule has 0 aromatic heterocycles. The van der Waals surface area contributed by atoms with Crippen LogP contribution in [0.25, 0.3) is 0 Å². The molecule has 1 atom stereocenters. The van der Waals surface area contributed by atoms with Crippen molar-refractivity contribution in [1.29, 1.82) is 0 Å². The third kappa shape index (κ3) is 7.02. The van der Waals surface area contributed by atoms with Gasteiger partial charge in [-0.15, -0.1) is 0 Å². The summed E-state index contributed by atoms with van der Waals surface area (Å²) in [4.78, 5) is 12.4. The van der Waals surface area contributed by atoms with Crippen molar-refractivity contribution >= 4 is 21.6 Å². The second-order valence-electron chi connectivity index (χ2n) is 7.56. The van der Waals surface area contributed by atoms with Crippen molar-refractivity contribution in [3.8, 4) is 0 Å². The van der Waals surface area contributed by atoms with Gasteiger partial charge in [0.1, 0.15) is 6.61 Å². The van der Waals surface area contributed by atoms with Crippen LogP contribution < -0.4 is 5.73 Å². The molecule has 0 amide bonds. The van der Waals surface area contributed by atoms with E-state index in [-0.39, 0.29) is 23.2 Å². The van der Waals surface area contributed by atoms with Gasteiger partial charge < -0.3 is 10.5 Å². The van der Waals surface area contributed by atoms with Crippen molar-refractivity contribution in [1.82, 2.24) is 0 Å². The van der Waals surface area contributed by atoms with E-state index in [4.69, 9.17) is 14.7 Å². The Hall–Kier alpha value is -3.00. The van der Waals surface area contributed by atoms with Gasteiger partial charge >= 0.3 is 0 Å². The minimum Gasteiger partial charge on any atom is -0.399 e. The summed E-state index contributed by atoms with van der Waals surface area (Å²) in [6.45, 7) is 1.70. The van der Waals surface area contributed by atoms with Gasteiger partial charge in [-0.2, -0.15) is 8.42 Å². The van der Waals surface area contributed by atoms with Gasteiger partial charge in [0.2, 0.25) is 0 Å². The van der Waals surface area contributed by atoms with E-state index in [0.717, 1.165) is 16.7 Å². The Kier molecular flexibility index (Phi) is 8.16. The van der Waals surface area contributed by atoms with Crippen LogP contribution >= 0.6 is 0 Å². The van der Waals surface area contributed by atoms with Crippen LogP contribution in [0, 0.1) is 6.92 Å². The standard InChI is InChI=1S/C25H27NO5S/c1-19-10-13-24(14-11-19)32(28,29)31-18-23(27)12-15-25(21-7-3-2-4-8-21)30-17-20-6-5-9-22(26)16-20/h2-11,13-14,16,25H,12,15,17-18,26H2,1H3. The fourth-order valence-corrected chi connectivity index (χ4v) is 4.07. The number of hydrogen-bond acceptors (Lipinski definition) is 6. The molecule has 0 bridgehead atoms. The summed E-state index contributed by atoms with van der Waals surface area (Å²) in [6.07, 6.45) is 0.203. The van der Waals surface area contributed by atoms with Crippen LogP contribution in [0.3, 0.4) is 0 Å². The molecule has 0 fully saturated rings. The van der Waals surface area contributed by atoms with E-state index in [2.05, 4.69) is 0 Å². The minimum atomic E-state index is -3.98. The molecular weight excluding hydrogens is 426 g/mol. The zero-order valence-electron chi connectivity index (χ0n) is 17.9. The Balaban J connectivity index is 1.57. The quantitative estimate of drug-likeness (QED) is 0.337. The number of hydrogen-bond donors (Lipinski definition) is 1. The van der Waals surface area contributed by atoms with Gasteiger partial charge in [-0.05, 0) is 48.7 Å². The van der Waals surface area contributed by atoms with E-state index in [9.17, 15) is 13.2 Å². The summed E-state index contributed by atoms with van der Waals surface area (Å²) in [6, 6.07) is 23.3. The molecule has 6 nitrogen and oxygen atoms in total. The van der Waals surface area contributed by atoms with Crippen molar-refractivity contribution in [2.75, 3.05) is 12.3 Å². The summed E-state index contributed by atoms with van der Waals surface area (Å²) < 4.78 is 35.6. The smallest absolute Gasteiger partial charge is 0.297 e. The number of rotatable bonds is 11. The predicted molar refractivity (Wildman–Crippen MR) is 123 cm³/mol. The van der Waals surface area contributed by atoms with Gasteiger partial charge in [0.05, 0.1) is 17.6 Å². The molecule has 0 radical (unpaired) electrons. The Bertz CT molecular complexity index is 1130. The lowest BCUT2D eigenvalue weighted by Gasteiger charge is -2.18. The molecule has 0 aliphatic carbocycles. The Morgan fingerprint density at radius 1 is 0.969 bits per heavy atom. The van der Waals surface area contributed by atoms with Crippen molar-refractivity contribution in [3.63, 3.8) is 0 Å². The van der Waals surface area contributed by atoms with Crippen LogP contribution in [-0.2, 0) is 30.4 Å². The van der Waals surface area contributed by atoms with Crippen LogP contribution in [0.4, 0.5) is 5.69 Å². The SMILES string of the molecule is Cc1ccc(S(=O)(=O)OCC(=O)CCC(OCc2cccc(N)c2)c2ccccc2)cc1. The first-order valence-electron chi connectivity index (χ1n) is 10.3. The van der Waals surface area contributed by atoms with E-state index in [1.165, 1.54) is 12.1 Å². The lowest BCUT2D eigenvalue weighted by atomic mass is 10.0. The second kappa shape index (κ2) is 11.0. The van der Waals surface area contributed by atoms with E-state index in [0.29, 0.717) is 18.7 Å². The van der Waals surface area contributed by atoms with Crippen LogP contribution in [0.15, 0.2) is 83.8 Å². The highest BCUT2D eigenvalue weighted by atomic mass is 32.2. The van der Waals surface area contributed by atoms with Crippen molar-refractivity contribution in [3.05, 3.63) is 95.6 Å². The summed E-state index contributed by atoms with van der Waals surface area (Å²) in [5, 5.41) is 0. The zero-order chi connectivity index (χ0) is 23.0. The number of ketones is 1. The third-order valence-corrected chi connectivity index (χ3v) is 6.22. The Labute approximate surface area is 189 Å². The summed E-state index contributed by atoms with van der Waals surface area (Å²) in [5.41, 5.74) is 9.30. The average molecular weight is 454 g/mol. The summed E-state index contributed by atoms with van der Waals surface area (Å²) >= 11 is 0. The molecule has 3 aromatic carbocycles. The van der Waals surface area contributed by atoms with Gasteiger partial charge in [-0.1, -0.05) is 60.2 Å². The first kappa shape index (κ1) is 23.7. The highest BCUT2D eigenvalue weighted by Gasteiger charge is 2.19. The number of carbonyl (C=O) groups excluding carboxylic acids is 1. The fourth-order valence-electron chi connectivity index (χ4n) is 3.17. The molecule has 0 spiro atoms. The molecule has 0 saturated heterocycles. The molecule has 1 unspecified atom stereocenters. The number of benzene rings is 3. The number of nitrogen functional groups attached to an aromatic ring is 1. The number of ether oxygens (including phenoxy) is 1. The number of anilines is 1. The maximum Gasteiger partial charge on any atom is 0.297 e. The van der Waals surface area contributed by atoms with Gasteiger partial charge in [0.15, 0.2) is 5.78 Å². The van der Waals surface area contributed by atoms with Crippen LogP contribution in [0.2, 0.25) is 0 Å². The van der Waals surface area contributed by atoms with Gasteiger partial charge in [0.25, 0.3) is 10.1 Å². The fraction of sp³-hybridized carbons (Fsp3) is 0.240. The molecule has 7 heteroatoms. The van der Waals surface area contributed by atoms with E-state index >= 15 is 0 Å². The highest BCUT2D eigenvalue weighted by Crippen LogP contribution is 2.25. The largest absolute Gasteiger partial charge is 0.399 e. The molecule has 168 valence electrons. The normalized spacial score (nSPS) is 12.4. The monoisotopic (exact) mass is 453 g/mol. The van der Waals surface area contributed by atoms with Gasteiger partial charge in [-0.3, -0.25) is 8.98 Å². The molecule has 0 heterocycles. The van der Waals surface area contributed by atoms with Crippen molar-refractivity contribution in [2.45, 2.75) is 37.4 Å². The topological polar surface area (TPSA) is 95.7 Å². The van der Waals surface area contributed by atoms with Crippen molar-refractivity contribution in [2.24, 2.45) is 0 Å². The molecule has 0 saturated carbocycles. The van der Waals surface area contributed by atoms with Crippen molar-refractivity contribution < 1.29 is 22.1 Å². The maximum absolute atomic E-state index is 12.4. The first-order chi connectivity index (χ1) is 15.3. The molecule has 3 aromatic rings. The average Bonchev–Trinajstić information content (AvgIpc) is 2.79.